The third-order valence-electron chi connectivity index (χ3n) is 1.85. The van der Waals surface area contributed by atoms with Crippen LogP contribution < -0.4 is 9.47 Å². The molecule has 1 rings (SSSR count). The lowest BCUT2D eigenvalue weighted by Gasteiger charge is -2.06. The van der Waals surface area contributed by atoms with E-state index in [0.717, 1.165) is 5.56 Å². The molecule has 0 spiro atoms. The molecule has 0 aliphatic heterocycles. The van der Waals surface area contributed by atoms with Gasteiger partial charge in [-0.3, -0.25) is 0 Å². The van der Waals surface area contributed by atoms with Crippen LogP contribution in [-0.4, -0.2) is 24.0 Å². The van der Waals surface area contributed by atoms with Crippen molar-refractivity contribution >= 4 is 5.71 Å². The molecule has 1 aromatic rings. The summed E-state index contributed by atoms with van der Waals surface area (Å²) in [6.45, 7) is 1.95. The summed E-state index contributed by atoms with van der Waals surface area (Å²) < 4.78 is 5.74. The van der Waals surface area contributed by atoms with Crippen LogP contribution in [0.2, 0.25) is 0 Å². The number of rotatable bonds is 5. The van der Waals surface area contributed by atoms with E-state index in [1.165, 1.54) is 6.20 Å². The first kappa shape index (κ1) is 11.5. The van der Waals surface area contributed by atoms with Gasteiger partial charge >= 0.3 is 5.88 Å². The second kappa shape index (κ2) is 5.31. The quantitative estimate of drug-likeness (QED) is 0.416. The second-order valence-electron chi connectivity index (χ2n) is 3.07. The highest BCUT2D eigenvalue weighted by Gasteiger charge is 2.08. The molecule has 0 aliphatic carbocycles. The minimum atomic E-state index is -0.268. The van der Waals surface area contributed by atoms with Gasteiger partial charge in [-0.15, -0.1) is 4.73 Å². The molecule has 0 fully saturated rings. The maximum atomic E-state index is 11.2. The number of nitrogens with zero attached hydrogens (tertiary/aromatic N) is 1. The minimum Gasteiger partial charge on any atom is -0.616 e. The molecule has 5 heteroatoms. The lowest BCUT2D eigenvalue weighted by Crippen LogP contribution is -2.28. The second-order valence-corrected chi connectivity index (χ2v) is 3.07. The molecule has 0 atom stereocenters. The Balaban J connectivity index is 2.82. The highest BCUT2D eigenvalue weighted by Crippen LogP contribution is 2.08. The first-order valence-electron chi connectivity index (χ1n) is 4.69. The fourth-order valence-electron chi connectivity index (χ4n) is 1.17. The van der Waals surface area contributed by atoms with Gasteiger partial charge in [-0.25, -0.2) is 0 Å². The Morgan fingerprint density at radius 3 is 3.00 bits per heavy atom. The van der Waals surface area contributed by atoms with Gasteiger partial charge in [0, 0.05) is 18.2 Å². The standard InChI is InChI=1S/C10H14N2O3/c1-2-15-10-6-8(3-4-12(10)14)5-9(11)7-13/h3-4,6,11,13H,2,5,7H2,1H3. The molecule has 0 amide bonds. The van der Waals surface area contributed by atoms with Crippen molar-refractivity contribution in [3.63, 3.8) is 0 Å². The highest BCUT2D eigenvalue weighted by atomic mass is 16.5. The van der Waals surface area contributed by atoms with Crippen LogP contribution in [0.1, 0.15) is 12.5 Å². The lowest BCUT2D eigenvalue weighted by molar-refractivity contribution is -0.612. The van der Waals surface area contributed by atoms with Gasteiger partial charge in [0.25, 0.3) is 0 Å². The maximum absolute atomic E-state index is 11.2. The van der Waals surface area contributed by atoms with Gasteiger partial charge in [-0.05, 0) is 12.5 Å². The van der Waals surface area contributed by atoms with E-state index in [9.17, 15) is 5.21 Å². The third kappa shape index (κ3) is 3.21. The first-order chi connectivity index (χ1) is 7.17. The fourth-order valence-corrected chi connectivity index (χ4v) is 1.17. The number of aliphatic hydroxyl groups is 1. The number of ether oxygens (including phenoxy) is 1. The van der Waals surface area contributed by atoms with Crippen LogP contribution in [0.3, 0.4) is 0 Å². The smallest absolute Gasteiger partial charge is 0.379 e. The van der Waals surface area contributed by atoms with Crippen molar-refractivity contribution in [2.24, 2.45) is 0 Å². The summed E-state index contributed by atoms with van der Waals surface area (Å²) in [6.07, 6.45) is 1.67. The normalized spacial score (nSPS) is 10.0. The van der Waals surface area contributed by atoms with E-state index in [4.69, 9.17) is 15.3 Å². The molecule has 0 bridgehead atoms. The Hall–Kier alpha value is -1.62. The summed E-state index contributed by atoms with van der Waals surface area (Å²) in [4.78, 5) is 0. The van der Waals surface area contributed by atoms with Crippen molar-refractivity contribution < 1.29 is 14.6 Å². The van der Waals surface area contributed by atoms with Gasteiger partial charge in [-0.2, -0.15) is 0 Å². The van der Waals surface area contributed by atoms with E-state index in [2.05, 4.69) is 0 Å². The number of aliphatic hydroxyl groups excluding tert-OH is 1. The van der Waals surface area contributed by atoms with Crippen LogP contribution >= 0.6 is 0 Å². The number of hydrogen-bond acceptors (Lipinski definition) is 4. The largest absolute Gasteiger partial charge is 0.616 e. The lowest BCUT2D eigenvalue weighted by atomic mass is 10.1. The molecule has 0 saturated heterocycles. The SMILES string of the molecule is CCOc1cc(CC(=N)CO)cc[n+]1[O-]. The highest BCUT2D eigenvalue weighted by molar-refractivity contribution is 5.84. The van der Waals surface area contributed by atoms with E-state index in [-0.39, 0.29) is 18.2 Å². The van der Waals surface area contributed by atoms with E-state index < -0.39 is 0 Å². The molecule has 82 valence electrons. The predicted molar refractivity (Wildman–Crippen MR) is 55.1 cm³/mol. The van der Waals surface area contributed by atoms with Crippen LogP contribution in [0.25, 0.3) is 0 Å². The van der Waals surface area contributed by atoms with Crippen molar-refractivity contribution in [3.8, 4) is 5.88 Å². The number of pyridine rings is 1. The summed E-state index contributed by atoms with van der Waals surface area (Å²) in [7, 11) is 0. The Kier molecular flexibility index (Phi) is 4.05. The van der Waals surface area contributed by atoms with Gasteiger partial charge in [-0.1, -0.05) is 0 Å². The summed E-state index contributed by atoms with van der Waals surface area (Å²) in [5.74, 6) is 0.223. The molecule has 0 unspecified atom stereocenters. The van der Waals surface area contributed by atoms with Crippen LogP contribution in [0.15, 0.2) is 18.3 Å². The van der Waals surface area contributed by atoms with E-state index in [1.54, 1.807) is 19.1 Å². The van der Waals surface area contributed by atoms with Crippen LogP contribution in [-0.2, 0) is 6.42 Å². The molecule has 1 aromatic heterocycles. The van der Waals surface area contributed by atoms with E-state index in [0.29, 0.717) is 17.8 Å². The molecule has 1 heterocycles. The molecule has 0 saturated carbocycles. The molecule has 0 radical (unpaired) electrons. The van der Waals surface area contributed by atoms with Gasteiger partial charge in [0.05, 0.1) is 19.3 Å². The molecule has 0 aromatic carbocycles. The first-order valence-corrected chi connectivity index (χ1v) is 4.69. The van der Waals surface area contributed by atoms with Crippen molar-refractivity contribution in [1.82, 2.24) is 0 Å². The van der Waals surface area contributed by atoms with Crippen molar-refractivity contribution in [1.29, 1.82) is 5.41 Å². The van der Waals surface area contributed by atoms with Crippen molar-refractivity contribution in [3.05, 3.63) is 29.1 Å². The minimum absolute atomic E-state index is 0.209. The molecule has 0 aliphatic rings. The van der Waals surface area contributed by atoms with Gasteiger partial charge in [0.2, 0.25) is 0 Å². The van der Waals surface area contributed by atoms with Gasteiger partial charge < -0.3 is 20.5 Å². The topological polar surface area (TPSA) is 80.2 Å². The zero-order valence-corrected chi connectivity index (χ0v) is 8.56. The predicted octanol–water partition coefficient (Wildman–Crippen LogP) is 0.273. The Bertz CT molecular complexity index is 353. The zero-order chi connectivity index (χ0) is 11.3. The zero-order valence-electron chi connectivity index (χ0n) is 8.56. The maximum Gasteiger partial charge on any atom is 0.379 e. The molecule has 5 nitrogen and oxygen atoms in total. The van der Waals surface area contributed by atoms with E-state index in [1.807, 2.05) is 0 Å². The average Bonchev–Trinajstić information content (AvgIpc) is 2.23. The summed E-state index contributed by atoms with van der Waals surface area (Å²) in [6, 6.07) is 3.19. The number of aromatic nitrogens is 1. The van der Waals surface area contributed by atoms with Crippen LogP contribution in [0.4, 0.5) is 0 Å². The Morgan fingerprint density at radius 2 is 2.40 bits per heavy atom. The van der Waals surface area contributed by atoms with Gasteiger partial charge in [0.15, 0.2) is 6.20 Å². The van der Waals surface area contributed by atoms with Crippen molar-refractivity contribution in [2.75, 3.05) is 13.2 Å². The summed E-state index contributed by atoms with van der Waals surface area (Å²) in [5.41, 5.74) is 0.991. The molecule has 2 N–H and O–H groups in total. The number of hydrogen-bond donors (Lipinski definition) is 2. The summed E-state index contributed by atoms with van der Waals surface area (Å²) in [5, 5.41) is 27.2. The third-order valence-corrected chi connectivity index (χ3v) is 1.85. The van der Waals surface area contributed by atoms with Crippen LogP contribution in [0.5, 0.6) is 5.88 Å². The Labute approximate surface area is 88.0 Å². The fraction of sp³-hybridized carbons (Fsp3) is 0.400. The molecular formula is C10H14N2O3. The number of nitrogens with one attached hydrogen (secondary N) is 1. The Morgan fingerprint density at radius 1 is 1.67 bits per heavy atom. The summed E-state index contributed by atoms with van der Waals surface area (Å²) >= 11 is 0. The molecular weight excluding hydrogens is 196 g/mol. The monoisotopic (exact) mass is 210 g/mol. The molecule has 15 heavy (non-hydrogen) atoms. The van der Waals surface area contributed by atoms with Gasteiger partial charge in [0.1, 0.15) is 0 Å². The average molecular weight is 210 g/mol. The van der Waals surface area contributed by atoms with Crippen LogP contribution in [0, 0.1) is 10.6 Å². The van der Waals surface area contributed by atoms with E-state index >= 15 is 0 Å². The van der Waals surface area contributed by atoms with Crippen molar-refractivity contribution in [2.45, 2.75) is 13.3 Å².